The lowest BCUT2D eigenvalue weighted by molar-refractivity contribution is 0.00530. The zero-order valence-corrected chi connectivity index (χ0v) is 13.6. The molecule has 0 radical (unpaired) electrons. The summed E-state index contributed by atoms with van der Waals surface area (Å²) in [5, 5.41) is 3.30. The molecule has 19 heavy (non-hydrogen) atoms. The van der Waals surface area contributed by atoms with Gasteiger partial charge in [-0.15, -0.1) is 0 Å². The van der Waals surface area contributed by atoms with Crippen LogP contribution in [0.1, 0.15) is 26.3 Å². The molecule has 0 bridgehead atoms. The Morgan fingerprint density at radius 2 is 2.05 bits per heavy atom. The fourth-order valence-electron chi connectivity index (χ4n) is 2.28. The highest BCUT2D eigenvalue weighted by Gasteiger charge is 2.24. The summed E-state index contributed by atoms with van der Waals surface area (Å²) in [6.45, 7) is 6.97. The largest absolute Gasteiger partial charge is 0.377 e. The monoisotopic (exact) mass is 331 g/mol. The SMILES string of the molecule is CCOC(C(C)C)C(Cc1cc(F)ccc1Br)NC. The van der Waals surface area contributed by atoms with Crippen molar-refractivity contribution in [3.8, 4) is 0 Å². The Bertz CT molecular complexity index is 398. The summed E-state index contributed by atoms with van der Waals surface area (Å²) >= 11 is 3.48. The number of rotatable bonds is 7. The second-order valence-electron chi connectivity index (χ2n) is 5.00. The van der Waals surface area contributed by atoms with Gasteiger partial charge in [-0.25, -0.2) is 4.39 Å². The van der Waals surface area contributed by atoms with Crippen LogP contribution in [0.5, 0.6) is 0 Å². The molecule has 2 nitrogen and oxygen atoms in total. The number of nitrogens with one attached hydrogen (secondary N) is 1. The molecule has 2 atom stereocenters. The normalized spacial score (nSPS) is 14.7. The van der Waals surface area contributed by atoms with Crippen LogP contribution in [0.15, 0.2) is 22.7 Å². The van der Waals surface area contributed by atoms with Crippen LogP contribution in [0.3, 0.4) is 0 Å². The molecule has 0 spiro atoms. The van der Waals surface area contributed by atoms with E-state index in [0.29, 0.717) is 12.5 Å². The van der Waals surface area contributed by atoms with Gasteiger partial charge in [-0.3, -0.25) is 0 Å². The van der Waals surface area contributed by atoms with Crippen molar-refractivity contribution in [2.45, 2.75) is 39.3 Å². The van der Waals surface area contributed by atoms with Crippen molar-refractivity contribution >= 4 is 15.9 Å². The van der Waals surface area contributed by atoms with Crippen LogP contribution in [0, 0.1) is 11.7 Å². The third-order valence-electron chi connectivity index (χ3n) is 3.23. The Morgan fingerprint density at radius 3 is 2.58 bits per heavy atom. The van der Waals surface area contributed by atoms with Gasteiger partial charge in [-0.05, 0) is 50.1 Å². The summed E-state index contributed by atoms with van der Waals surface area (Å²) < 4.78 is 20.1. The van der Waals surface area contributed by atoms with Crippen LogP contribution in [0.25, 0.3) is 0 Å². The molecule has 4 heteroatoms. The zero-order valence-electron chi connectivity index (χ0n) is 12.0. The minimum absolute atomic E-state index is 0.116. The molecular weight excluding hydrogens is 309 g/mol. The summed E-state index contributed by atoms with van der Waals surface area (Å²) in [5.74, 6) is 0.204. The van der Waals surface area contributed by atoms with E-state index in [1.165, 1.54) is 6.07 Å². The van der Waals surface area contributed by atoms with E-state index in [0.717, 1.165) is 16.5 Å². The Morgan fingerprint density at radius 1 is 1.37 bits per heavy atom. The standard InChI is InChI=1S/C15H23BrFNO/c1-5-19-15(10(2)3)14(18-4)9-11-8-12(17)6-7-13(11)16/h6-8,10,14-15,18H,5,9H2,1-4H3. The highest BCUT2D eigenvalue weighted by atomic mass is 79.9. The van der Waals surface area contributed by atoms with Crippen molar-refractivity contribution in [3.05, 3.63) is 34.1 Å². The van der Waals surface area contributed by atoms with Crippen LogP contribution in [0.2, 0.25) is 0 Å². The lowest BCUT2D eigenvalue weighted by Gasteiger charge is -2.30. The van der Waals surface area contributed by atoms with Gasteiger partial charge in [0.2, 0.25) is 0 Å². The van der Waals surface area contributed by atoms with E-state index in [2.05, 4.69) is 35.1 Å². The molecule has 2 unspecified atom stereocenters. The molecule has 0 amide bonds. The molecule has 0 heterocycles. The van der Waals surface area contributed by atoms with Gasteiger partial charge in [-0.2, -0.15) is 0 Å². The Hall–Kier alpha value is -0.450. The molecule has 1 aromatic carbocycles. The van der Waals surface area contributed by atoms with Gasteiger partial charge in [0.25, 0.3) is 0 Å². The average molecular weight is 332 g/mol. The van der Waals surface area contributed by atoms with Gasteiger partial charge in [0.15, 0.2) is 0 Å². The Kier molecular flexibility index (Phi) is 6.97. The number of likely N-dealkylation sites (N-methyl/N-ethyl adjacent to an activating group) is 1. The maximum atomic E-state index is 13.3. The molecule has 0 aliphatic carbocycles. The van der Waals surface area contributed by atoms with Gasteiger partial charge < -0.3 is 10.1 Å². The fraction of sp³-hybridized carbons (Fsp3) is 0.600. The Balaban J connectivity index is 2.88. The second-order valence-corrected chi connectivity index (χ2v) is 5.85. The number of halogens is 2. The highest BCUT2D eigenvalue weighted by Crippen LogP contribution is 2.22. The van der Waals surface area contributed by atoms with Crippen LogP contribution in [0.4, 0.5) is 4.39 Å². The van der Waals surface area contributed by atoms with Crippen LogP contribution in [-0.4, -0.2) is 25.8 Å². The Labute approximate surface area is 123 Å². The van der Waals surface area contributed by atoms with Gasteiger partial charge in [-0.1, -0.05) is 29.8 Å². The van der Waals surface area contributed by atoms with E-state index in [1.807, 2.05) is 14.0 Å². The maximum Gasteiger partial charge on any atom is 0.123 e. The lowest BCUT2D eigenvalue weighted by Crippen LogP contribution is -2.44. The summed E-state index contributed by atoms with van der Waals surface area (Å²) in [5.41, 5.74) is 0.963. The highest BCUT2D eigenvalue weighted by molar-refractivity contribution is 9.10. The first-order valence-corrected chi connectivity index (χ1v) is 7.51. The van der Waals surface area contributed by atoms with E-state index in [-0.39, 0.29) is 18.0 Å². The molecule has 1 N–H and O–H groups in total. The van der Waals surface area contributed by atoms with Crippen molar-refractivity contribution in [1.29, 1.82) is 0 Å². The molecule has 0 fully saturated rings. The number of benzene rings is 1. The van der Waals surface area contributed by atoms with E-state index >= 15 is 0 Å². The molecule has 0 aliphatic rings. The topological polar surface area (TPSA) is 21.3 Å². The van der Waals surface area contributed by atoms with Gasteiger partial charge in [0, 0.05) is 17.1 Å². The van der Waals surface area contributed by atoms with Crippen molar-refractivity contribution in [1.82, 2.24) is 5.32 Å². The van der Waals surface area contributed by atoms with Gasteiger partial charge in [0.05, 0.1) is 6.10 Å². The predicted molar refractivity (Wildman–Crippen MR) is 80.9 cm³/mol. The number of hydrogen-bond donors (Lipinski definition) is 1. The van der Waals surface area contributed by atoms with Crippen LogP contribution < -0.4 is 5.32 Å². The molecule has 1 aromatic rings. The summed E-state index contributed by atoms with van der Waals surface area (Å²) in [6.07, 6.45) is 0.850. The molecule has 108 valence electrons. The number of ether oxygens (including phenoxy) is 1. The summed E-state index contributed by atoms with van der Waals surface area (Å²) in [6, 6.07) is 4.96. The van der Waals surface area contributed by atoms with E-state index < -0.39 is 0 Å². The van der Waals surface area contributed by atoms with E-state index in [9.17, 15) is 4.39 Å². The number of hydrogen-bond acceptors (Lipinski definition) is 2. The molecule has 0 saturated carbocycles. The van der Waals surface area contributed by atoms with Gasteiger partial charge in [0.1, 0.15) is 5.82 Å². The molecule has 0 aliphatic heterocycles. The lowest BCUT2D eigenvalue weighted by atomic mass is 9.94. The minimum Gasteiger partial charge on any atom is -0.377 e. The molecule has 0 aromatic heterocycles. The summed E-state index contributed by atoms with van der Waals surface area (Å²) in [7, 11) is 1.92. The molecule has 1 rings (SSSR count). The van der Waals surface area contributed by atoms with Crippen molar-refractivity contribution < 1.29 is 9.13 Å². The first-order valence-electron chi connectivity index (χ1n) is 6.72. The molecular formula is C15H23BrFNO. The smallest absolute Gasteiger partial charge is 0.123 e. The second kappa shape index (κ2) is 7.98. The molecule has 0 saturated heterocycles. The fourth-order valence-corrected chi connectivity index (χ4v) is 2.69. The third kappa shape index (κ3) is 4.86. The first kappa shape index (κ1) is 16.6. The van der Waals surface area contributed by atoms with E-state index in [1.54, 1.807) is 12.1 Å². The van der Waals surface area contributed by atoms with Crippen LogP contribution in [-0.2, 0) is 11.2 Å². The van der Waals surface area contributed by atoms with Gasteiger partial charge >= 0.3 is 0 Å². The quantitative estimate of drug-likeness (QED) is 0.820. The van der Waals surface area contributed by atoms with Crippen LogP contribution >= 0.6 is 15.9 Å². The predicted octanol–water partition coefficient (Wildman–Crippen LogP) is 3.78. The zero-order chi connectivity index (χ0) is 14.4. The third-order valence-corrected chi connectivity index (χ3v) is 4.00. The minimum atomic E-state index is -0.203. The maximum absolute atomic E-state index is 13.3. The average Bonchev–Trinajstić information content (AvgIpc) is 2.37. The van der Waals surface area contributed by atoms with E-state index in [4.69, 9.17) is 4.74 Å². The van der Waals surface area contributed by atoms with Crippen molar-refractivity contribution in [3.63, 3.8) is 0 Å². The van der Waals surface area contributed by atoms with Crippen molar-refractivity contribution in [2.75, 3.05) is 13.7 Å². The first-order chi connectivity index (χ1) is 8.99. The summed E-state index contributed by atoms with van der Waals surface area (Å²) in [4.78, 5) is 0. The van der Waals surface area contributed by atoms with Crippen molar-refractivity contribution in [2.24, 2.45) is 5.92 Å².